The minimum Gasteiger partial charge on any atom is -0.467 e. The van der Waals surface area contributed by atoms with Gasteiger partial charge in [-0.15, -0.1) is 0 Å². The highest BCUT2D eigenvalue weighted by Crippen LogP contribution is 2.02. The zero-order chi connectivity index (χ0) is 7.49. The molecule has 0 heterocycles. The summed E-state index contributed by atoms with van der Waals surface area (Å²) in [4.78, 5) is 10.4. The van der Waals surface area contributed by atoms with Gasteiger partial charge in [-0.1, -0.05) is 0 Å². The lowest BCUT2D eigenvalue weighted by Crippen LogP contribution is -2.39. The fourth-order valence-electron chi connectivity index (χ4n) is 0.284. The number of carbonyl (C=O) groups is 1. The maximum absolute atomic E-state index is 10.4. The first-order valence-corrected chi connectivity index (χ1v) is 2.46. The standard InChI is InChI=1S/C5H10O4/c1-5(8,3-6)4(7)9-2/h6,8H,3H2,1-2H3. The lowest BCUT2D eigenvalue weighted by atomic mass is 10.1. The van der Waals surface area contributed by atoms with Gasteiger partial charge in [-0.25, -0.2) is 4.79 Å². The molecule has 1 unspecified atom stereocenters. The molecule has 0 aliphatic heterocycles. The van der Waals surface area contributed by atoms with Crippen LogP contribution >= 0.6 is 0 Å². The van der Waals surface area contributed by atoms with Crippen molar-refractivity contribution in [3.05, 3.63) is 0 Å². The third-order valence-corrected chi connectivity index (χ3v) is 0.933. The summed E-state index contributed by atoms with van der Waals surface area (Å²) in [6.45, 7) is 0.554. The predicted octanol–water partition coefficient (Wildman–Crippen LogP) is -1.10. The Balaban J connectivity index is 3.97. The maximum atomic E-state index is 10.4. The highest BCUT2D eigenvalue weighted by Gasteiger charge is 2.29. The smallest absolute Gasteiger partial charge is 0.339 e. The minimum absolute atomic E-state index is 0.625. The molecule has 0 radical (unpaired) electrons. The van der Waals surface area contributed by atoms with Gasteiger partial charge in [0, 0.05) is 0 Å². The van der Waals surface area contributed by atoms with E-state index in [1.54, 1.807) is 0 Å². The molecule has 0 aliphatic rings. The van der Waals surface area contributed by atoms with Crippen molar-refractivity contribution in [2.24, 2.45) is 0 Å². The zero-order valence-electron chi connectivity index (χ0n) is 5.42. The van der Waals surface area contributed by atoms with E-state index < -0.39 is 18.2 Å². The first-order valence-electron chi connectivity index (χ1n) is 2.46. The Labute approximate surface area is 53.1 Å². The van der Waals surface area contributed by atoms with Crippen LogP contribution in [0.15, 0.2) is 0 Å². The number of carbonyl (C=O) groups excluding carboxylic acids is 1. The maximum Gasteiger partial charge on any atom is 0.339 e. The van der Waals surface area contributed by atoms with Gasteiger partial charge >= 0.3 is 5.97 Å². The van der Waals surface area contributed by atoms with Gasteiger partial charge in [-0.2, -0.15) is 0 Å². The Kier molecular flexibility index (Phi) is 2.61. The summed E-state index contributed by atoms with van der Waals surface area (Å²) in [7, 11) is 1.15. The van der Waals surface area contributed by atoms with Crippen LogP contribution in [0.4, 0.5) is 0 Å². The number of aliphatic hydroxyl groups is 2. The SMILES string of the molecule is COC(=O)C(C)(O)CO. The minimum atomic E-state index is -1.76. The number of rotatable bonds is 2. The van der Waals surface area contributed by atoms with Gasteiger partial charge in [0.15, 0.2) is 5.60 Å². The predicted molar refractivity (Wildman–Crippen MR) is 29.7 cm³/mol. The summed E-state index contributed by atoms with van der Waals surface area (Å²) in [6.07, 6.45) is 0. The van der Waals surface area contributed by atoms with Gasteiger partial charge in [-0.05, 0) is 6.92 Å². The molecule has 9 heavy (non-hydrogen) atoms. The van der Waals surface area contributed by atoms with E-state index in [0.717, 1.165) is 7.11 Å². The van der Waals surface area contributed by atoms with Crippen molar-refractivity contribution in [1.29, 1.82) is 0 Å². The highest BCUT2D eigenvalue weighted by atomic mass is 16.5. The summed E-state index contributed by atoms with van der Waals surface area (Å²) in [6, 6.07) is 0. The summed E-state index contributed by atoms with van der Waals surface area (Å²) < 4.78 is 4.16. The van der Waals surface area contributed by atoms with Crippen molar-refractivity contribution in [1.82, 2.24) is 0 Å². The number of hydrogen-bond donors (Lipinski definition) is 2. The molecule has 0 fully saturated rings. The van der Waals surface area contributed by atoms with E-state index in [9.17, 15) is 4.79 Å². The second kappa shape index (κ2) is 2.80. The molecule has 2 N–H and O–H groups in total. The first kappa shape index (κ1) is 8.39. The fourth-order valence-corrected chi connectivity index (χ4v) is 0.284. The van der Waals surface area contributed by atoms with Crippen LogP contribution in [-0.4, -0.2) is 35.5 Å². The second-order valence-electron chi connectivity index (χ2n) is 1.92. The van der Waals surface area contributed by atoms with E-state index >= 15 is 0 Å². The topological polar surface area (TPSA) is 66.8 Å². The Morgan fingerprint density at radius 3 is 2.33 bits per heavy atom. The summed E-state index contributed by atoms with van der Waals surface area (Å²) in [5.74, 6) is -0.829. The Morgan fingerprint density at radius 2 is 2.22 bits per heavy atom. The largest absolute Gasteiger partial charge is 0.467 e. The molecule has 4 heteroatoms. The van der Waals surface area contributed by atoms with Crippen molar-refractivity contribution in [2.45, 2.75) is 12.5 Å². The molecule has 0 aromatic heterocycles. The zero-order valence-corrected chi connectivity index (χ0v) is 5.42. The van der Waals surface area contributed by atoms with E-state index in [4.69, 9.17) is 10.2 Å². The number of aliphatic hydroxyl groups excluding tert-OH is 1. The van der Waals surface area contributed by atoms with Crippen LogP contribution in [-0.2, 0) is 9.53 Å². The molecule has 0 amide bonds. The third kappa shape index (κ3) is 1.99. The van der Waals surface area contributed by atoms with E-state index in [-0.39, 0.29) is 0 Å². The van der Waals surface area contributed by atoms with Crippen molar-refractivity contribution >= 4 is 5.97 Å². The molecule has 0 aromatic rings. The van der Waals surface area contributed by atoms with Crippen LogP contribution in [0, 0.1) is 0 Å². The average molecular weight is 134 g/mol. The quantitative estimate of drug-likeness (QED) is 0.470. The van der Waals surface area contributed by atoms with Crippen LogP contribution in [0.3, 0.4) is 0 Å². The molecule has 0 aliphatic carbocycles. The molecule has 0 aromatic carbocycles. The van der Waals surface area contributed by atoms with Crippen LogP contribution in [0.25, 0.3) is 0 Å². The third-order valence-electron chi connectivity index (χ3n) is 0.933. The molecule has 1 atom stereocenters. The Hall–Kier alpha value is -0.610. The van der Waals surface area contributed by atoms with Gasteiger partial charge in [0.05, 0.1) is 13.7 Å². The Bertz CT molecular complexity index is 108. The summed E-state index contributed by atoms with van der Waals surface area (Å²) in [5, 5.41) is 17.2. The van der Waals surface area contributed by atoms with E-state index in [1.165, 1.54) is 6.92 Å². The summed E-state index contributed by atoms with van der Waals surface area (Å²) >= 11 is 0. The van der Waals surface area contributed by atoms with Crippen molar-refractivity contribution in [3.8, 4) is 0 Å². The van der Waals surface area contributed by atoms with Crippen molar-refractivity contribution in [3.63, 3.8) is 0 Å². The molecule has 0 rings (SSSR count). The summed E-state index contributed by atoms with van der Waals surface area (Å²) in [5.41, 5.74) is -1.76. The first-order chi connectivity index (χ1) is 4.04. The molecular formula is C5H10O4. The van der Waals surface area contributed by atoms with Crippen LogP contribution in [0.1, 0.15) is 6.92 Å². The Morgan fingerprint density at radius 1 is 1.78 bits per heavy atom. The van der Waals surface area contributed by atoms with Gasteiger partial charge in [-0.3, -0.25) is 0 Å². The van der Waals surface area contributed by atoms with Gasteiger partial charge in [0.2, 0.25) is 0 Å². The fraction of sp³-hybridized carbons (Fsp3) is 0.800. The number of esters is 1. The normalized spacial score (nSPS) is 16.4. The lowest BCUT2D eigenvalue weighted by molar-refractivity contribution is -0.164. The molecule has 0 saturated heterocycles. The van der Waals surface area contributed by atoms with Gasteiger partial charge in [0.1, 0.15) is 0 Å². The molecule has 4 nitrogen and oxygen atoms in total. The number of hydrogen-bond acceptors (Lipinski definition) is 4. The van der Waals surface area contributed by atoms with Crippen LogP contribution in [0.5, 0.6) is 0 Å². The van der Waals surface area contributed by atoms with Crippen molar-refractivity contribution < 1.29 is 19.7 Å². The molecule has 0 bridgehead atoms. The molecule has 0 spiro atoms. The number of methoxy groups -OCH3 is 1. The van der Waals surface area contributed by atoms with Crippen molar-refractivity contribution in [2.75, 3.05) is 13.7 Å². The molecule has 0 saturated carbocycles. The van der Waals surface area contributed by atoms with Gasteiger partial charge < -0.3 is 14.9 Å². The van der Waals surface area contributed by atoms with E-state index in [1.807, 2.05) is 0 Å². The average Bonchev–Trinajstić information content (AvgIpc) is 1.86. The molecule has 54 valence electrons. The van der Waals surface area contributed by atoms with E-state index in [2.05, 4.69) is 4.74 Å². The highest BCUT2D eigenvalue weighted by molar-refractivity contribution is 5.78. The van der Waals surface area contributed by atoms with Crippen LogP contribution in [0.2, 0.25) is 0 Å². The second-order valence-corrected chi connectivity index (χ2v) is 1.92. The monoisotopic (exact) mass is 134 g/mol. The van der Waals surface area contributed by atoms with Gasteiger partial charge in [0.25, 0.3) is 0 Å². The van der Waals surface area contributed by atoms with Crippen LogP contribution < -0.4 is 0 Å². The molecular weight excluding hydrogens is 124 g/mol. The number of ether oxygens (including phenoxy) is 1. The van der Waals surface area contributed by atoms with E-state index in [0.29, 0.717) is 0 Å². The lowest BCUT2D eigenvalue weighted by Gasteiger charge is -2.15.